The first-order valence-electron chi connectivity index (χ1n) is 2.21. The molecule has 0 aromatic heterocycles. The topological polar surface area (TPSA) is 47.7 Å². The van der Waals surface area contributed by atoms with Gasteiger partial charge >= 0.3 is 0 Å². The Kier molecular flexibility index (Phi) is 2.70. The molecule has 0 aliphatic heterocycles. The summed E-state index contributed by atoms with van der Waals surface area (Å²) >= 11 is 0. The minimum absolute atomic E-state index is 0.178. The zero-order chi connectivity index (χ0) is 7.44. The molecule has 0 amide bonds. The number of allylic oxidation sites excluding steroid dienone is 2. The Morgan fingerprint density at radius 2 is 1.78 bits per heavy atom. The van der Waals surface area contributed by atoms with Crippen LogP contribution in [-0.2, 0) is 0 Å². The van der Waals surface area contributed by atoms with Crippen molar-refractivity contribution in [2.24, 2.45) is 0 Å². The van der Waals surface area contributed by atoms with E-state index >= 15 is 0 Å². The molecule has 0 heterocycles. The average Bonchev–Trinajstić information content (AvgIpc) is 1.63. The zero-order valence-corrected chi connectivity index (χ0v) is 4.83. The summed E-state index contributed by atoms with van der Waals surface area (Å²) in [6.07, 6.45) is 0.641. The lowest BCUT2D eigenvalue weighted by atomic mass is 10.3. The van der Waals surface area contributed by atoms with Crippen molar-refractivity contribution in [3.05, 3.63) is 11.6 Å². The van der Waals surface area contributed by atoms with E-state index in [-0.39, 0.29) is 5.57 Å². The summed E-state index contributed by atoms with van der Waals surface area (Å²) in [6, 6.07) is 0. The minimum atomic E-state index is -1.24. The molecule has 0 atom stereocenters. The van der Waals surface area contributed by atoms with Crippen molar-refractivity contribution in [2.75, 3.05) is 0 Å². The van der Waals surface area contributed by atoms with Crippen LogP contribution in [0.1, 0.15) is 6.92 Å². The van der Waals surface area contributed by atoms with E-state index in [2.05, 4.69) is 0 Å². The fraction of sp³-hybridized carbons (Fsp3) is 0.200. The third-order valence-electron chi connectivity index (χ3n) is 0.689. The molecule has 0 bridgehead atoms. The first kappa shape index (κ1) is 7.94. The van der Waals surface area contributed by atoms with Crippen LogP contribution < -0.4 is 0 Å². The van der Waals surface area contributed by atoms with Crippen LogP contribution in [0.5, 0.6) is 0 Å². The highest BCUT2D eigenvalue weighted by Gasteiger charge is 1.96. The van der Waals surface area contributed by atoms with Crippen LogP contribution in [0.25, 0.3) is 0 Å². The summed E-state index contributed by atoms with van der Waals surface area (Å²) < 4.78 is 23.3. The molecule has 50 valence electrons. The van der Waals surface area contributed by atoms with Gasteiger partial charge in [-0.2, -0.15) is 8.78 Å². The predicted octanol–water partition coefficient (Wildman–Crippen LogP) is 1.83. The van der Waals surface area contributed by atoms with Crippen molar-refractivity contribution in [1.29, 1.82) is 10.8 Å². The van der Waals surface area contributed by atoms with Crippen LogP contribution in [0.15, 0.2) is 11.6 Å². The van der Waals surface area contributed by atoms with Crippen LogP contribution in [-0.4, -0.2) is 11.9 Å². The monoisotopic (exact) mass is 132 g/mol. The second-order valence-corrected chi connectivity index (χ2v) is 1.49. The van der Waals surface area contributed by atoms with Crippen LogP contribution in [0.4, 0.5) is 8.78 Å². The molecule has 0 saturated carbocycles. The summed E-state index contributed by atoms with van der Waals surface area (Å²) in [6.45, 7) is 1.22. The molecule has 0 aliphatic carbocycles. The number of halogens is 2. The molecule has 2 N–H and O–H groups in total. The third-order valence-corrected chi connectivity index (χ3v) is 0.689. The van der Waals surface area contributed by atoms with E-state index in [0.29, 0.717) is 6.08 Å². The lowest BCUT2D eigenvalue weighted by Gasteiger charge is -1.87. The first-order chi connectivity index (χ1) is 4.04. The minimum Gasteiger partial charge on any atom is -0.274 e. The molecule has 0 rings (SSSR count). The van der Waals surface area contributed by atoms with E-state index in [0.717, 1.165) is 0 Å². The van der Waals surface area contributed by atoms with Crippen molar-refractivity contribution in [1.82, 2.24) is 0 Å². The van der Waals surface area contributed by atoms with E-state index < -0.39 is 11.9 Å². The van der Waals surface area contributed by atoms with Gasteiger partial charge in [-0.3, -0.25) is 10.8 Å². The van der Waals surface area contributed by atoms with Gasteiger partial charge in [0.1, 0.15) is 0 Å². The lowest BCUT2D eigenvalue weighted by Crippen LogP contribution is -1.90. The maximum atomic E-state index is 11.7. The van der Waals surface area contributed by atoms with Gasteiger partial charge in [0.15, 0.2) is 0 Å². The van der Waals surface area contributed by atoms with E-state index in [9.17, 15) is 8.78 Å². The molecular weight excluding hydrogens is 126 g/mol. The van der Waals surface area contributed by atoms with Gasteiger partial charge in [-0.15, -0.1) is 0 Å². The Hall–Kier alpha value is -1.06. The SMILES string of the molecule is C/C(=C/C(=N)F)C(=N)F. The van der Waals surface area contributed by atoms with Crippen molar-refractivity contribution in [2.45, 2.75) is 6.92 Å². The van der Waals surface area contributed by atoms with E-state index in [1.165, 1.54) is 6.92 Å². The Labute approximate surface area is 51.2 Å². The molecule has 0 radical (unpaired) electrons. The Morgan fingerprint density at radius 1 is 1.33 bits per heavy atom. The Morgan fingerprint density at radius 3 is 1.89 bits per heavy atom. The Bertz CT molecular complexity index is 172. The largest absolute Gasteiger partial charge is 0.274 e. The number of hydrogen-bond donors (Lipinski definition) is 2. The fourth-order valence-electron chi connectivity index (χ4n) is 0.253. The van der Waals surface area contributed by atoms with Crippen LogP contribution in [0.3, 0.4) is 0 Å². The number of rotatable bonds is 2. The molecule has 0 unspecified atom stereocenters. The van der Waals surface area contributed by atoms with Crippen molar-refractivity contribution < 1.29 is 8.78 Å². The van der Waals surface area contributed by atoms with Gasteiger partial charge in [0.05, 0.1) is 0 Å². The molecule has 2 nitrogen and oxygen atoms in total. The smallest absolute Gasteiger partial charge is 0.208 e. The highest BCUT2D eigenvalue weighted by molar-refractivity contribution is 5.97. The molecule has 0 aromatic rings. The molecule has 0 aromatic carbocycles. The summed E-state index contributed by atoms with van der Waals surface area (Å²) in [4.78, 5) is 0. The van der Waals surface area contributed by atoms with Crippen LogP contribution in [0.2, 0.25) is 0 Å². The van der Waals surface area contributed by atoms with Crippen molar-refractivity contribution in [3.8, 4) is 0 Å². The lowest BCUT2D eigenvalue weighted by molar-refractivity contribution is 0.786. The Balaban J connectivity index is 4.17. The predicted molar refractivity (Wildman–Crippen MR) is 31.4 cm³/mol. The number of nitrogens with one attached hydrogen (secondary N) is 2. The van der Waals surface area contributed by atoms with Crippen LogP contribution in [0, 0.1) is 10.8 Å². The summed E-state index contributed by atoms with van der Waals surface area (Å²) in [5.41, 5.74) is -0.178. The van der Waals surface area contributed by atoms with Crippen molar-refractivity contribution >= 4 is 11.9 Å². The molecule has 0 saturated heterocycles. The molecule has 9 heavy (non-hydrogen) atoms. The standard InChI is InChI=1S/C5H6F2N2/c1-3(5(7)9)2-4(6)8/h2,8-9H,1H3/b3-2-,8-4?,9-5?. The number of hydrogen-bond acceptors (Lipinski definition) is 2. The third kappa shape index (κ3) is 3.52. The molecule has 0 fully saturated rings. The van der Waals surface area contributed by atoms with E-state index in [1.54, 1.807) is 0 Å². The maximum absolute atomic E-state index is 11.7. The van der Waals surface area contributed by atoms with E-state index in [4.69, 9.17) is 10.8 Å². The van der Waals surface area contributed by atoms with Gasteiger partial charge in [-0.25, -0.2) is 0 Å². The van der Waals surface area contributed by atoms with Gasteiger partial charge in [0.2, 0.25) is 11.9 Å². The van der Waals surface area contributed by atoms with Gasteiger partial charge in [0, 0.05) is 5.57 Å². The van der Waals surface area contributed by atoms with E-state index in [1.807, 2.05) is 0 Å². The van der Waals surface area contributed by atoms with Gasteiger partial charge in [-0.05, 0) is 13.0 Å². The van der Waals surface area contributed by atoms with Gasteiger partial charge in [-0.1, -0.05) is 0 Å². The molecule has 0 spiro atoms. The second-order valence-electron chi connectivity index (χ2n) is 1.49. The highest BCUT2D eigenvalue weighted by atomic mass is 19.1. The fourth-order valence-corrected chi connectivity index (χ4v) is 0.253. The molecule has 0 aliphatic rings. The van der Waals surface area contributed by atoms with Gasteiger partial charge in [0.25, 0.3) is 0 Å². The second kappa shape index (κ2) is 3.06. The van der Waals surface area contributed by atoms with Crippen LogP contribution >= 0.6 is 0 Å². The van der Waals surface area contributed by atoms with Gasteiger partial charge < -0.3 is 0 Å². The highest BCUT2D eigenvalue weighted by Crippen LogP contribution is 1.96. The maximum Gasteiger partial charge on any atom is 0.208 e. The first-order valence-corrected chi connectivity index (χ1v) is 2.21. The summed E-state index contributed by atoms with van der Waals surface area (Å²) in [5.74, 6) is -2.45. The average molecular weight is 132 g/mol. The zero-order valence-electron chi connectivity index (χ0n) is 4.83. The molecular formula is C5H6F2N2. The molecule has 4 heteroatoms. The quantitative estimate of drug-likeness (QED) is 0.538. The normalized spacial score (nSPS) is 11.2. The summed E-state index contributed by atoms with van der Waals surface area (Å²) in [5, 5.41) is 12.5. The summed E-state index contributed by atoms with van der Waals surface area (Å²) in [7, 11) is 0. The van der Waals surface area contributed by atoms with Crippen molar-refractivity contribution in [3.63, 3.8) is 0 Å².